The molecule has 1 N–H and O–H groups in total. The molecule has 3 rings (SSSR count). The third-order valence-corrected chi connectivity index (χ3v) is 5.92. The molecule has 0 saturated carbocycles. The zero-order valence-corrected chi connectivity index (χ0v) is 15.9. The molecule has 0 bridgehead atoms. The van der Waals surface area contributed by atoms with Gasteiger partial charge in [-0.25, -0.2) is 8.42 Å². The molecule has 25 heavy (non-hydrogen) atoms. The van der Waals surface area contributed by atoms with E-state index in [4.69, 9.17) is 0 Å². The van der Waals surface area contributed by atoms with Gasteiger partial charge >= 0.3 is 0 Å². The van der Waals surface area contributed by atoms with E-state index in [2.05, 4.69) is 22.9 Å². The van der Waals surface area contributed by atoms with Crippen molar-refractivity contribution in [3.05, 3.63) is 59.2 Å². The maximum absolute atomic E-state index is 12.6. The van der Waals surface area contributed by atoms with Crippen LogP contribution in [0.5, 0.6) is 0 Å². The van der Waals surface area contributed by atoms with Crippen LogP contribution in [-0.2, 0) is 22.9 Å². The van der Waals surface area contributed by atoms with Crippen molar-refractivity contribution in [2.45, 2.75) is 36.3 Å². The highest BCUT2D eigenvalue weighted by Crippen LogP contribution is 2.31. The molecule has 0 spiro atoms. The van der Waals surface area contributed by atoms with Gasteiger partial charge in [-0.1, -0.05) is 6.07 Å². The molecule has 0 unspecified atom stereocenters. The van der Waals surface area contributed by atoms with Crippen molar-refractivity contribution in [2.75, 3.05) is 11.0 Å². The molecule has 0 amide bonds. The fraction of sp³-hybridized carbons (Fsp3) is 0.316. The summed E-state index contributed by atoms with van der Waals surface area (Å²) in [6, 6.07) is 13.0. The second-order valence-corrected chi connectivity index (χ2v) is 9.52. The van der Waals surface area contributed by atoms with E-state index >= 15 is 0 Å². The molecule has 0 aliphatic heterocycles. The average Bonchev–Trinajstić information content (AvgIpc) is 3.01. The van der Waals surface area contributed by atoms with Crippen molar-refractivity contribution in [3.63, 3.8) is 0 Å². The van der Waals surface area contributed by atoms with E-state index in [1.54, 1.807) is 36.0 Å². The van der Waals surface area contributed by atoms with Gasteiger partial charge in [0.15, 0.2) is 5.78 Å². The highest BCUT2D eigenvalue weighted by atomic mass is 32.2. The highest BCUT2D eigenvalue weighted by Gasteiger charge is 2.18. The Kier molecular flexibility index (Phi) is 5.20. The van der Waals surface area contributed by atoms with Crippen LogP contribution in [0, 0.1) is 0 Å². The molecule has 6 heteroatoms. The zero-order valence-electron chi connectivity index (χ0n) is 14.3. The lowest BCUT2D eigenvalue weighted by Crippen LogP contribution is -2.14. The maximum Gasteiger partial charge on any atom is 0.229 e. The SMILES string of the molecule is C[C@H](Sc1ccc2c(c1)CCC2)C(=O)c1ccc(NS(C)(=O)=O)cc1. The number of thioether (sulfide) groups is 1. The number of rotatable bonds is 6. The number of aryl methyl sites for hydroxylation is 2. The lowest BCUT2D eigenvalue weighted by molar-refractivity contribution is 0.0994. The van der Waals surface area contributed by atoms with Crippen molar-refractivity contribution in [1.82, 2.24) is 0 Å². The average molecular weight is 376 g/mol. The first kappa shape index (κ1) is 18.0. The number of ketones is 1. The predicted octanol–water partition coefficient (Wildman–Crippen LogP) is 3.91. The number of hydrogen-bond donors (Lipinski definition) is 1. The van der Waals surface area contributed by atoms with Gasteiger partial charge in [-0.05, 0) is 73.7 Å². The zero-order chi connectivity index (χ0) is 18.0. The van der Waals surface area contributed by atoms with Gasteiger partial charge in [0.25, 0.3) is 0 Å². The number of carbonyl (C=O) groups is 1. The molecule has 0 radical (unpaired) electrons. The summed E-state index contributed by atoms with van der Waals surface area (Å²) in [4.78, 5) is 13.7. The van der Waals surface area contributed by atoms with E-state index in [1.807, 2.05) is 6.92 Å². The minimum atomic E-state index is -3.31. The van der Waals surface area contributed by atoms with E-state index in [1.165, 1.54) is 17.5 Å². The number of Topliss-reactive ketones (excluding diaryl/α,β-unsaturated/α-hetero) is 1. The number of nitrogens with one attached hydrogen (secondary N) is 1. The van der Waals surface area contributed by atoms with Gasteiger partial charge in [-0.3, -0.25) is 9.52 Å². The fourth-order valence-corrected chi connectivity index (χ4v) is 4.60. The Bertz CT molecular complexity index is 889. The lowest BCUT2D eigenvalue weighted by Gasteiger charge is -2.12. The molecule has 0 saturated heterocycles. The summed E-state index contributed by atoms with van der Waals surface area (Å²) in [7, 11) is -3.31. The van der Waals surface area contributed by atoms with Crippen LogP contribution in [0.15, 0.2) is 47.4 Å². The Hall–Kier alpha value is -1.79. The van der Waals surface area contributed by atoms with Crippen LogP contribution in [0.2, 0.25) is 0 Å². The van der Waals surface area contributed by atoms with E-state index in [0.717, 1.165) is 24.0 Å². The molecule has 1 aliphatic rings. The van der Waals surface area contributed by atoms with Crippen LogP contribution < -0.4 is 4.72 Å². The van der Waals surface area contributed by atoms with Crippen LogP contribution >= 0.6 is 11.8 Å². The molecule has 1 aliphatic carbocycles. The van der Waals surface area contributed by atoms with E-state index in [-0.39, 0.29) is 11.0 Å². The molecule has 2 aromatic rings. The maximum atomic E-state index is 12.6. The van der Waals surface area contributed by atoms with Gasteiger partial charge in [-0.15, -0.1) is 11.8 Å². The molecule has 2 aromatic carbocycles. The largest absolute Gasteiger partial charge is 0.293 e. The van der Waals surface area contributed by atoms with Crippen LogP contribution in [0.1, 0.15) is 34.8 Å². The van der Waals surface area contributed by atoms with Crippen LogP contribution in [-0.4, -0.2) is 25.7 Å². The van der Waals surface area contributed by atoms with Gasteiger partial charge in [0.05, 0.1) is 11.5 Å². The Morgan fingerprint density at radius 2 is 1.76 bits per heavy atom. The minimum absolute atomic E-state index is 0.0383. The molecule has 0 heterocycles. The summed E-state index contributed by atoms with van der Waals surface area (Å²) >= 11 is 1.57. The van der Waals surface area contributed by atoms with Gasteiger partial charge < -0.3 is 0 Å². The summed E-state index contributed by atoms with van der Waals surface area (Å²) in [5.74, 6) is 0.0383. The van der Waals surface area contributed by atoms with Gasteiger partial charge in [0.2, 0.25) is 10.0 Å². The number of hydrogen-bond acceptors (Lipinski definition) is 4. The van der Waals surface area contributed by atoms with E-state index in [0.29, 0.717) is 11.3 Å². The fourth-order valence-electron chi connectivity index (χ4n) is 3.03. The van der Waals surface area contributed by atoms with Gasteiger partial charge in [0, 0.05) is 16.1 Å². The minimum Gasteiger partial charge on any atom is -0.293 e. The second kappa shape index (κ2) is 7.22. The topological polar surface area (TPSA) is 63.2 Å². The molecular formula is C19H21NO3S2. The third-order valence-electron chi connectivity index (χ3n) is 4.22. The summed E-state index contributed by atoms with van der Waals surface area (Å²) in [6.07, 6.45) is 4.59. The molecule has 0 aromatic heterocycles. The monoisotopic (exact) mass is 375 g/mol. The molecular weight excluding hydrogens is 354 g/mol. The number of sulfonamides is 1. The summed E-state index contributed by atoms with van der Waals surface area (Å²) in [5, 5.41) is -0.201. The molecule has 132 valence electrons. The smallest absolute Gasteiger partial charge is 0.229 e. The summed E-state index contributed by atoms with van der Waals surface area (Å²) in [5.41, 5.74) is 3.87. The van der Waals surface area contributed by atoms with Crippen molar-refractivity contribution >= 4 is 33.3 Å². The Balaban J connectivity index is 1.67. The first-order chi connectivity index (χ1) is 11.8. The standard InChI is InChI=1S/C19H21NO3S2/c1-13(24-18-11-8-14-4-3-5-16(14)12-18)19(21)15-6-9-17(10-7-15)20-25(2,22)23/h6-13,20H,3-5H2,1-2H3/t13-/m0/s1. The van der Waals surface area contributed by atoms with Crippen molar-refractivity contribution in [1.29, 1.82) is 0 Å². The number of anilines is 1. The summed E-state index contributed by atoms with van der Waals surface area (Å²) < 4.78 is 24.9. The Labute approximate surface area is 153 Å². The van der Waals surface area contributed by atoms with Gasteiger partial charge in [-0.2, -0.15) is 0 Å². The second-order valence-electron chi connectivity index (χ2n) is 6.36. The molecule has 0 fully saturated rings. The first-order valence-corrected chi connectivity index (χ1v) is 11.0. The van der Waals surface area contributed by atoms with Gasteiger partial charge in [0.1, 0.15) is 0 Å². The quantitative estimate of drug-likeness (QED) is 0.614. The molecule has 1 atom stereocenters. The highest BCUT2D eigenvalue weighted by molar-refractivity contribution is 8.00. The summed E-state index contributed by atoms with van der Waals surface area (Å²) in [6.45, 7) is 1.91. The number of fused-ring (bicyclic) bond motifs is 1. The van der Waals surface area contributed by atoms with E-state index in [9.17, 15) is 13.2 Å². The Morgan fingerprint density at radius 1 is 1.08 bits per heavy atom. The van der Waals surface area contributed by atoms with Crippen molar-refractivity contribution in [3.8, 4) is 0 Å². The first-order valence-electron chi connectivity index (χ1n) is 8.22. The Morgan fingerprint density at radius 3 is 2.44 bits per heavy atom. The van der Waals surface area contributed by atoms with Crippen molar-refractivity contribution < 1.29 is 13.2 Å². The molecule has 4 nitrogen and oxygen atoms in total. The number of carbonyl (C=O) groups excluding carboxylic acids is 1. The van der Waals surface area contributed by atoms with Crippen LogP contribution in [0.3, 0.4) is 0 Å². The van der Waals surface area contributed by atoms with Crippen LogP contribution in [0.4, 0.5) is 5.69 Å². The third kappa shape index (κ3) is 4.64. The predicted molar refractivity (Wildman–Crippen MR) is 103 cm³/mol. The normalized spacial score (nSPS) is 14.8. The van der Waals surface area contributed by atoms with Crippen LogP contribution in [0.25, 0.3) is 0 Å². The van der Waals surface area contributed by atoms with E-state index < -0.39 is 10.0 Å². The van der Waals surface area contributed by atoms with Crippen molar-refractivity contribution in [2.24, 2.45) is 0 Å². The lowest BCUT2D eigenvalue weighted by atomic mass is 10.1. The number of benzene rings is 2.